The van der Waals surface area contributed by atoms with Crippen LogP contribution in [0.5, 0.6) is 0 Å². The van der Waals surface area contributed by atoms with Gasteiger partial charge in [0.25, 0.3) is 0 Å². The molecule has 0 spiro atoms. The van der Waals surface area contributed by atoms with Crippen LogP contribution in [0.1, 0.15) is 11.5 Å². The molecule has 17 heavy (non-hydrogen) atoms. The van der Waals surface area contributed by atoms with Crippen molar-refractivity contribution < 1.29 is 4.74 Å². The normalized spacial score (nSPS) is 22.5. The van der Waals surface area contributed by atoms with Crippen LogP contribution in [-0.4, -0.2) is 37.7 Å². The van der Waals surface area contributed by atoms with Gasteiger partial charge in [-0.15, -0.1) is 19.0 Å². The fourth-order valence-electron chi connectivity index (χ4n) is 2.21. The van der Waals surface area contributed by atoms with E-state index < -0.39 is 0 Å². The van der Waals surface area contributed by atoms with Crippen molar-refractivity contribution in [2.45, 2.75) is 12.0 Å². The molecule has 2 atom stereocenters. The van der Waals surface area contributed by atoms with Gasteiger partial charge in [0.1, 0.15) is 0 Å². The summed E-state index contributed by atoms with van der Waals surface area (Å²) < 4.78 is 5.84. The van der Waals surface area contributed by atoms with Crippen LogP contribution < -0.4 is 0 Å². The van der Waals surface area contributed by atoms with Crippen molar-refractivity contribution in [1.29, 1.82) is 0 Å². The van der Waals surface area contributed by atoms with Gasteiger partial charge in [0.05, 0.1) is 12.7 Å². The maximum absolute atomic E-state index is 5.84. The van der Waals surface area contributed by atoms with E-state index in [-0.39, 0.29) is 18.5 Å². The molecule has 1 aliphatic rings. The van der Waals surface area contributed by atoms with Gasteiger partial charge < -0.3 is 9.64 Å². The number of hydrogen-bond acceptors (Lipinski definition) is 2. The van der Waals surface area contributed by atoms with Crippen LogP contribution in [0.4, 0.5) is 0 Å². The summed E-state index contributed by atoms with van der Waals surface area (Å²) in [6.45, 7) is 6.76. The zero-order valence-corrected chi connectivity index (χ0v) is 11.0. The molecule has 0 bridgehead atoms. The summed E-state index contributed by atoms with van der Waals surface area (Å²) >= 11 is 0. The highest BCUT2D eigenvalue weighted by molar-refractivity contribution is 5.85. The van der Waals surface area contributed by atoms with Crippen LogP contribution in [0.3, 0.4) is 0 Å². The first-order valence-electron chi connectivity index (χ1n) is 5.79. The lowest BCUT2D eigenvalue weighted by atomic mass is 9.92. The molecule has 0 N–H and O–H groups in total. The number of nitrogens with zero attached hydrogens (tertiary/aromatic N) is 1. The fraction of sp³-hybridized carbons (Fsp3) is 0.429. The monoisotopic (exact) mass is 253 g/mol. The third-order valence-corrected chi connectivity index (χ3v) is 3.14. The molecule has 1 fully saturated rings. The fourth-order valence-corrected chi connectivity index (χ4v) is 2.21. The quantitative estimate of drug-likeness (QED) is 0.768. The number of halogens is 1. The minimum Gasteiger partial charge on any atom is -0.375 e. The van der Waals surface area contributed by atoms with Crippen LogP contribution in [-0.2, 0) is 4.74 Å². The number of benzene rings is 1. The van der Waals surface area contributed by atoms with Gasteiger partial charge in [-0.1, -0.05) is 36.4 Å². The SMILES string of the molecule is C=CC(c1ccccc1)C1CN(C)CCO1.Cl. The summed E-state index contributed by atoms with van der Waals surface area (Å²) in [5.41, 5.74) is 1.29. The molecule has 0 saturated carbocycles. The molecule has 1 aromatic carbocycles. The molecule has 2 rings (SSSR count). The summed E-state index contributed by atoms with van der Waals surface area (Å²) in [5, 5.41) is 0. The Morgan fingerprint density at radius 1 is 1.41 bits per heavy atom. The summed E-state index contributed by atoms with van der Waals surface area (Å²) in [6, 6.07) is 10.5. The van der Waals surface area contributed by atoms with Gasteiger partial charge in [0.15, 0.2) is 0 Å². The summed E-state index contributed by atoms with van der Waals surface area (Å²) in [4.78, 5) is 2.31. The predicted octanol–water partition coefficient (Wildman–Crippen LogP) is 2.71. The summed E-state index contributed by atoms with van der Waals surface area (Å²) in [7, 11) is 2.14. The molecule has 1 aliphatic heterocycles. The van der Waals surface area contributed by atoms with Gasteiger partial charge in [-0.25, -0.2) is 0 Å². The Bertz CT molecular complexity index is 341. The van der Waals surface area contributed by atoms with Crippen molar-refractivity contribution in [2.75, 3.05) is 26.7 Å². The zero-order valence-electron chi connectivity index (χ0n) is 10.2. The molecule has 0 aromatic heterocycles. The second-order valence-electron chi connectivity index (χ2n) is 4.34. The largest absolute Gasteiger partial charge is 0.375 e. The molecule has 1 heterocycles. The van der Waals surface area contributed by atoms with Crippen LogP contribution >= 0.6 is 12.4 Å². The van der Waals surface area contributed by atoms with Crippen molar-refractivity contribution in [3.05, 3.63) is 48.6 Å². The van der Waals surface area contributed by atoms with Crippen LogP contribution in [0.25, 0.3) is 0 Å². The van der Waals surface area contributed by atoms with E-state index in [2.05, 4.69) is 42.8 Å². The predicted molar refractivity (Wildman–Crippen MR) is 73.9 cm³/mol. The average Bonchev–Trinajstić information content (AvgIpc) is 2.31. The minimum absolute atomic E-state index is 0. The van der Waals surface area contributed by atoms with Crippen molar-refractivity contribution in [1.82, 2.24) is 4.90 Å². The topological polar surface area (TPSA) is 12.5 Å². The van der Waals surface area contributed by atoms with E-state index >= 15 is 0 Å². The number of morpholine rings is 1. The minimum atomic E-state index is 0. The van der Waals surface area contributed by atoms with E-state index in [9.17, 15) is 0 Å². The average molecular weight is 254 g/mol. The van der Waals surface area contributed by atoms with Crippen molar-refractivity contribution >= 4 is 12.4 Å². The van der Waals surface area contributed by atoms with E-state index in [0.717, 1.165) is 19.7 Å². The number of hydrogen-bond donors (Lipinski definition) is 0. The highest BCUT2D eigenvalue weighted by Crippen LogP contribution is 2.25. The maximum atomic E-state index is 5.84. The van der Waals surface area contributed by atoms with E-state index in [1.807, 2.05) is 12.1 Å². The van der Waals surface area contributed by atoms with Gasteiger partial charge >= 0.3 is 0 Å². The lowest BCUT2D eigenvalue weighted by Crippen LogP contribution is -2.42. The van der Waals surface area contributed by atoms with Gasteiger partial charge in [0.2, 0.25) is 0 Å². The Morgan fingerprint density at radius 3 is 2.71 bits per heavy atom. The Kier molecular flexibility index (Phi) is 5.69. The van der Waals surface area contributed by atoms with Gasteiger partial charge in [-0.3, -0.25) is 0 Å². The Balaban J connectivity index is 0.00000144. The second kappa shape index (κ2) is 6.80. The van der Waals surface area contributed by atoms with Crippen molar-refractivity contribution in [3.63, 3.8) is 0 Å². The van der Waals surface area contributed by atoms with Gasteiger partial charge in [-0.05, 0) is 12.6 Å². The molecule has 0 amide bonds. The molecular weight excluding hydrogens is 234 g/mol. The second-order valence-corrected chi connectivity index (χ2v) is 4.34. The molecule has 0 radical (unpaired) electrons. The van der Waals surface area contributed by atoms with Crippen molar-refractivity contribution in [3.8, 4) is 0 Å². The first-order chi connectivity index (χ1) is 7.81. The van der Waals surface area contributed by atoms with E-state index in [1.165, 1.54) is 5.56 Å². The maximum Gasteiger partial charge on any atom is 0.0805 e. The van der Waals surface area contributed by atoms with Gasteiger partial charge in [-0.2, -0.15) is 0 Å². The molecule has 1 saturated heterocycles. The highest BCUT2D eigenvalue weighted by atomic mass is 35.5. The van der Waals surface area contributed by atoms with Crippen LogP contribution in [0.2, 0.25) is 0 Å². The highest BCUT2D eigenvalue weighted by Gasteiger charge is 2.25. The van der Waals surface area contributed by atoms with Crippen molar-refractivity contribution in [2.24, 2.45) is 0 Å². The molecule has 2 nitrogen and oxygen atoms in total. The lowest BCUT2D eigenvalue weighted by Gasteiger charge is -2.34. The summed E-state index contributed by atoms with van der Waals surface area (Å²) in [6.07, 6.45) is 2.23. The molecule has 0 aliphatic carbocycles. The Morgan fingerprint density at radius 2 is 2.12 bits per heavy atom. The standard InChI is InChI=1S/C14H19NO.ClH/c1-3-13(12-7-5-4-6-8-12)14-11-15(2)9-10-16-14;/h3-8,13-14H,1,9-11H2,2H3;1H. The molecule has 94 valence electrons. The zero-order chi connectivity index (χ0) is 11.4. The molecule has 3 heteroatoms. The Labute approximate surface area is 110 Å². The summed E-state index contributed by atoms with van der Waals surface area (Å²) in [5.74, 6) is 0.295. The Hall–Kier alpha value is -0.830. The van der Waals surface area contributed by atoms with E-state index in [1.54, 1.807) is 0 Å². The van der Waals surface area contributed by atoms with E-state index in [0.29, 0.717) is 5.92 Å². The lowest BCUT2D eigenvalue weighted by molar-refractivity contribution is -0.0261. The number of likely N-dealkylation sites (N-methyl/N-ethyl adjacent to an activating group) is 1. The molecular formula is C14H20ClNO. The first kappa shape index (κ1) is 14.2. The van der Waals surface area contributed by atoms with E-state index in [4.69, 9.17) is 4.74 Å². The first-order valence-corrected chi connectivity index (χ1v) is 5.79. The third kappa shape index (κ3) is 3.56. The molecule has 2 unspecified atom stereocenters. The van der Waals surface area contributed by atoms with Gasteiger partial charge in [0, 0.05) is 19.0 Å². The van der Waals surface area contributed by atoms with Crippen LogP contribution in [0, 0.1) is 0 Å². The number of rotatable bonds is 3. The smallest absolute Gasteiger partial charge is 0.0805 e. The number of ether oxygens (including phenoxy) is 1. The third-order valence-electron chi connectivity index (χ3n) is 3.14. The van der Waals surface area contributed by atoms with Crippen LogP contribution in [0.15, 0.2) is 43.0 Å². The molecule has 1 aromatic rings.